The Morgan fingerprint density at radius 3 is 2.62 bits per heavy atom. The van der Waals surface area contributed by atoms with E-state index in [2.05, 4.69) is 4.72 Å². The van der Waals surface area contributed by atoms with Gasteiger partial charge in [0.25, 0.3) is 10.0 Å². The Bertz CT molecular complexity index is 890. The summed E-state index contributed by atoms with van der Waals surface area (Å²) in [5, 5.41) is 1.14. The molecule has 0 saturated heterocycles. The van der Waals surface area contributed by atoms with Crippen molar-refractivity contribution < 1.29 is 13.2 Å². The highest BCUT2D eigenvalue weighted by Gasteiger charge is 2.26. The second kappa shape index (κ2) is 6.49. The summed E-state index contributed by atoms with van der Waals surface area (Å²) in [6.07, 6.45) is 1.84. The summed E-state index contributed by atoms with van der Waals surface area (Å²) in [6, 6.07) is 14.4. The van der Waals surface area contributed by atoms with Gasteiger partial charge in [0.05, 0.1) is 11.8 Å². The normalized spacial score (nSPS) is 14.2. The van der Waals surface area contributed by atoms with Crippen molar-refractivity contribution in [2.45, 2.75) is 13.3 Å². The number of nitrogens with one attached hydrogen (secondary N) is 1. The van der Waals surface area contributed by atoms with Gasteiger partial charge in [-0.05, 0) is 42.3 Å². The molecule has 0 saturated carbocycles. The largest absolute Gasteiger partial charge is 0.312 e. The van der Waals surface area contributed by atoms with Crippen LogP contribution in [0.3, 0.4) is 0 Å². The third kappa shape index (κ3) is 3.49. The molecule has 0 bridgehead atoms. The average molecular weight is 342 g/mol. The van der Waals surface area contributed by atoms with E-state index in [1.54, 1.807) is 23.1 Å². The molecule has 0 aromatic heterocycles. The number of fused-ring (bicyclic) bond motifs is 1. The summed E-state index contributed by atoms with van der Waals surface area (Å²) in [5.74, 6) is 0.0384. The predicted molar refractivity (Wildman–Crippen MR) is 96.2 cm³/mol. The number of anilines is 2. The number of carbonyl (C=O) groups is 1. The lowest BCUT2D eigenvalue weighted by molar-refractivity contribution is -0.117. The van der Waals surface area contributed by atoms with Crippen molar-refractivity contribution in [2.24, 2.45) is 0 Å². The first-order valence-corrected chi connectivity index (χ1v) is 9.22. The quantitative estimate of drug-likeness (QED) is 0.908. The van der Waals surface area contributed by atoms with Crippen LogP contribution in [0.1, 0.15) is 18.1 Å². The Morgan fingerprint density at radius 1 is 1.17 bits per heavy atom. The van der Waals surface area contributed by atoms with Gasteiger partial charge in [0.15, 0.2) is 0 Å². The fourth-order valence-corrected chi connectivity index (χ4v) is 3.58. The molecule has 1 N–H and O–H groups in total. The van der Waals surface area contributed by atoms with Gasteiger partial charge in [0.2, 0.25) is 5.91 Å². The minimum atomic E-state index is -3.61. The van der Waals surface area contributed by atoms with Crippen LogP contribution in [0.2, 0.25) is 0 Å². The van der Waals surface area contributed by atoms with Gasteiger partial charge < -0.3 is 4.90 Å². The highest BCUT2D eigenvalue weighted by atomic mass is 32.2. The van der Waals surface area contributed by atoms with Crippen LogP contribution in [-0.2, 0) is 21.2 Å². The number of rotatable bonds is 5. The molecule has 6 heteroatoms. The second-order valence-electron chi connectivity index (χ2n) is 5.52. The SMILES string of the molecule is CCN1C(=O)Cc2cc(NS(=O)(=O)/C=C/c3ccccc3)ccc21. The molecule has 2 aromatic rings. The van der Waals surface area contributed by atoms with E-state index in [-0.39, 0.29) is 5.91 Å². The van der Waals surface area contributed by atoms with Crippen molar-refractivity contribution in [3.05, 3.63) is 65.1 Å². The molecule has 1 aliphatic heterocycles. The monoisotopic (exact) mass is 342 g/mol. The number of likely N-dealkylation sites (N-methyl/N-ethyl adjacent to an activating group) is 1. The van der Waals surface area contributed by atoms with Crippen molar-refractivity contribution in [3.63, 3.8) is 0 Å². The van der Waals surface area contributed by atoms with Crippen LogP contribution in [0.15, 0.2) is 53.9 Å². The fraction of sp³-hybridized carbons (Fsp3) is 0.167. The summed E-state index contributed by atoms with van der Waals surface area (Å²) in [6.45, 7) is 2.52. The van der Waals surface area contributed by atoms with Crippen LogP contribution >= 0.6 is 0 Å². The molecule has 1 aliphatic rings. The molecule has 0 atom stereocenters. The minimum Gasteiger partial charge on any atom is -0.312 e. The molecule has 2 aromatic carbocycles. The van der Waals surface area contributed by atoms with Gasteiger partial charge in [-0.2, -0.15) is 0 Å². The Balaban J connectivity index is 1.78. The third-order valence-corrected chi connectivity index (χ3v) is 4.84. The zero-order valence-electron chi connectivity index (χ0n) is 13.3. The number of amides is 1. The summed E-state index contributed by atoms with van der Waals surface area (Å²) >= 11 is 0. The zero-order valence-corrected chi connectivity index (χ0v) is 14.1. The van der Waals surface area contributed by atoms with E-state index in [1.807, 2.05) is 37.3 Å². The van der Waals surface area contributed by atoms with E-state index in [9.17, 15) is 13.2 Å². The molecule has 124 valence electrons. The topological polar surface area (TPSA) is 66.5 Å². The van der Waals surface area contributed by atoms with Gasteiger partial charge in [-0.25, -0.2) is 8.42 Å². The highest BCUT2D eigenvalue weighted by molar-refractivity contribution is 7.95. The van der Waals surface area contributed by atoms with Gasteiger partial charge in [0.1, 0.15) is 0 Å². The van der Waals surface area contributed by atoms with Crippen molar-refractivity contribution in [1.82, 2.24) is 0 Å². The smallest absolute Gasteiger partial charge is 0.255 e. The van der Waals surface area contributed by atoms with E-state index in [0.29, 0.717) is 18.7 Å². The van der Waals surface area contributed by atoms with Crippen LogP contribution in [-0.4, -0.2) is 20.9 Å². The molecule has 0 aliphatic carbocycles. The molecule has 5 nitrogen and oxygen atoms in total. The Morgan fingerprint density at radius 2 is 1.92 bits per heavy atom. The molecule has 0 fully saturated rings. The minimum absolute atomic E-state index is 0.0384. The van der Waals surface area contributed by atoms with Crippen LogP contribution < -0.4 is 9.62 Å². The molecule has 0 unspecified atom stereocenters. The van der Waals surface area contributed by atoms with Crippen molar-refractivity contribution >= 4 is 33.4 Å². The first kappa shape index (κ1) is 16.3. The number of sulfonamides is 1. The van der Waals surface area contributed by atoms with Crippen molar-refractivity contribution in [2.75, 3.05) is 16.2 Å². The van der Waals surface area contributed by atoms with Crippen molar-refractivity contribution in [3.8, 4) is 0 Å². The summed E-state index contributed by atoms with van der Waals surface area (Å²) in [5.41, 5.74) is 2.96. The first-order chi connectivity index (χ1) is 11.5. The van der Waals surface area contributed by atoms with Gasteiger partial charge in [-0.1, -0.05) is 30.3 Å². The number of hydrogen-bond donors (Lipinski definition) is 1. The first-order valence-electron chi connectivity index (χ1n) is 7.68. The molecule has 1 amide bonds. The Kier molecular flexibility index (Phi) is 4.40. The maximum atomic E-state index is 12.2. The van der Waals surface area contributed by atoms with E-state index in [0.717, 1.165) is 22.2 Å². The van der Waals surface area contributed by atoms with Gasteiger partial charge in [-0.3, -0.25) is 9.52 Å². The predicted octanol–water partition coefficient (Wildman–Crippen LogP) is 3.01. The Hall–Kier alpha value is -2.60. The highest BCUT2D eigenvalue weighted by Crippen LogP contribution is 2.31. The number of hydrogen-bond acceptors (Lipinski definition) is 3. The number of nitrogens with zero attached hydrogens (tertiary/aromatic N) is 1. The fourth-order valence-electron chi connectivity index (χ4n) is 2.72. The van der Waals surface area contributed by atoms with E-state index < -0.39 is 10.0 Å². The average Bonchev–Trinajstić information content (AvgIpc) is 2.88. The van der Waals surface area contributed by atoms with Crippen LogP contribution in [0.4, 0.5) is 11.4 Å². The Labute approximate surface area is 141 Å². The maximum Gasteiger partial charge on any atom is 0.255 e. The number of carbonyl (C=O) groups excluding carboxylic acids is 1. The summed E-state index contributed by atoms with van der Waals surface area (Å²) in [7, 11) is -3.61. The second-order valence-corrected chi connectivity index (χ2v) is 7.09. The van der Waals surface area contributed by atoms with E-state index in [4.69, 9.17) is 0 Å². The maximum absolute atomic E-state index is 12.2. The number of benzene rings is 2. The lowest BCUT2D eigenvalue weighted by Crippen LogP contribution is -2.25. The summed E-state index contributed by atoms with van der Waals surface area (Å²) in [4.78, 5) is 13.6. The van der Waals surface area contributed by atoms with Crippen LogP contribution in [0.25, 0.3) is 6.08 Å². The van der Waals surface area contributed by atoms with Crippen molar-refractivity contribution in [1.29, 1.82) is 0 Å². The molecule has 0 spiro atoms. The van der Waals surface area contributed by atoms with Gasteiger partial charge in [0, 0.05) is 17.9 Å². The van der Waals surface area contributed by atoms with Crippen LogP contribution in [0, 0.1) is 0 Å². The summed E-state index contributed by atoms with van der Waals surface area (Å²) < 4.78 is 26.9. The van der Waals surface area contributed by atoms with E-state index in [1.165, 1.54) is 6.08 Å². The molecule has 24 heavy (non-hydrogen) atoms. The molecule has 3 rings (SSSR count). The van der Waals surface area contributed by atoms with E-state index >= 15 is 0 Å². The molecule has 1 heterocycles. The third-order valence-electron chi connectivity index (χ3n) is 3.83. The molecular formula is C18H18N2O3S. The standard InChI is InChI=1S/C18H18N2O3S/c1-2-20-17-9-8-16(12-15(17)13-18(20)21)19-24(22,23)11-10-14-6-4-3-5-7-14/h3-12,19H,2,13H2,1H3/b11-10+. The molecular weight excluding hydrogens is 324 g/mol. The lowest BCUT2D eigenvalue weighted by Gasteiger charge is -2.14. The zero-order chi connectivity index (χ0) is 17.2. The molecule has 0 radical (unpaired) electrons. The van der Waals surface area contributed by atoms with Gasteiger partial charge in [-0.15, -0.1) is 0 Å². The lowest BCUT2D eigenvalue weighted by atomic mass is 10.1. The van der Waals surface area contributed by atoms with Gasteiger partial charge >= 0.3 is 0 Å². The van der Waals surface area contributed by atoms with Crippen LogP contribution in [0.5, 0.6) is 0 Å².